The molecule has 2 aromatic heterocycles. The predicted octanol–water partition coefficient (Wildman–Crippen LogP) is 4.95. The van der Waals surface area contributed by atoms with Gasteiger partial charge in [-0.15, -0.1) is 0 Å². The Bertz CT molecular complexity index is 1420. The number of nitrogens with one attached hydrogen (secondary N) is 3. The minimum Gasteiger partial charge on any atom is -0.462 e. The van der Waals surface area contributed by atoms with Gasteiger partial charge >= 0.3 is 5.97 Å². The molecule has 2 atom stereocenters. The van der Waals surface area contributed by atoms with Gasteiger partial charge < -0.3 is 30.0 Å². The van der Waals surface area contributed by atoms with E-state index in [0.717, 1.165) is 16.9 Å². The fourth-order valence-electron chi connectivity index (χ4n) is 4.67. The molecule has 1 aliphatic heterocycles. The van der Waals surface area contributed by atoms with E-state index < -0.39 is 23.5 Å². The minimum absolute atomic E-state index is 0.00508. The summed E-state index contributed by atoms with van der Waals surface area (Å²) < 4.78 is 11.0. The second-order valence-electron chi connectivity index (χ2n) is 10.2. The van der Waals surface area contributed by atoms with Gasteiger partial charge in [0.1, 0.15) is 10.6 Å². The number of aromatic amines is 1. The number of halogens is 2. The third-order valence-electron chi connectivity index (χ3n) is 6.94. The molecule has 3 N–H and O–H groups in total. The number of hydrogen-bond acceptors (Lipinski definition) is 8. The topological polar surface area (TPSA) is 126 Å². The van der Waals surface area contributed by atoms with Crippen molar-refractivity contribution < 1.29 is 23.9 Å². The zero-order chi connectivity index (χ0) is 29.9. The van der Waals surface area contributed by atoms with Crippen LogP contribution in [0.4, 0.5) is 5.13 Å². The highest BCUT2D eigenvalue weighted by Gasteiger charge is 2.35. The standard InChI is InChI=1S/C28H33Cl2N5O5S/c1-6-40-26(38)23-22(25(37)34-28(3,4)16-10-8-7-9-11-16)33-27(41-23)35-13-12-17(18(14-35)39-5)32-24(36)21-20(30)19(29)15(2)31-21/h7-11,17-18,31H,6,12-14H2,1-5H3,(H,32,36)(H,34,37)/t17-,18+/m0/s1. The van der Waals surface area contributed by atoms with Crippen LogP contribution in [0.3, 0.4) is 0 Å². The molecule has 3 aromatic rings. The van der Waals surface area contributed by atoms with Crippen molar-refractivity contribution >= 4 is 57.5 Å². The van der Waals surface area contributed by atoms with Crippen LogP contribution < -0.4 is 15.5 Å². The number of carbonyl (C=O) groups excluding carboxylic acids is 3. The first-order chi connectivity index (χ1) is 19.5. The highest BCUT2D eigenvalue weighted by molar-refractivity contribution is 7.17. The van der Waals surface area contributed by atoms with Gasteiger partial charge in [-0.3, -0.25) is 9.59 Å². The van der Waals surface area contributed by atoms with Crippen LogP contribution in [-0.4, -0.2) is 66.7 Å². The first kappa shape index (κ1) is 30.8. The molecule has 3 heterocycles. The third kappa shape index (κ3) is 6.69. The summed E-state index contributed by atoms with van der Waals surface area (Å²) in [6.07, 6.45) is 0.119. The van der Waals surface area contributed by atoms with Crippen LogP contribution >= 0.6 is 34.5 Å². The quantitative estimate of drug-likeness (QED) is 0.289. The van der Waals surface area contributed by atoms with Gasteiger partial charge in [0.15, 0.2) is 10.8 Å². The van der Waals surface area contributed by atoms with Gasteiger partial charge in [-0.2, -0.15) is 0 Å². The lowest BCUT2D eigenvalue weighted by Crippen LogP contribution is -2.55. The van der Waals surface area contributed by atoms with Crippen LogP contribution in [0.5, 0.6) is 0 Å². The molecule has 1 fully saturated rings. The number of methoxy groups -OCH3 is 1. The van der Waals surface area contributed by atoms with Gasteiger partial charge in [-0.05, 0) is 39.7 Å². The van der Waals surface area contributed by atoms with Crippen LogP contribution in [0, 0.1) is 6.92 Å². The number of benzene rings is 1. The Kier molecular flexibility index (Phi) is 9.63. The average molecular weight is 623 g/mol. The summed E-state index contributed by atoms with van der Waals surface area (Å²) in [5.41, 5.74) is 1.00. The van der Waals surface area contributed by atoms with E-state index in [1.165, 1.54) is 0 Å². The van der Waals surface area contributed by atoms with E-state index >= 15 is 0 Å². The second kappa shape index (κ2) is 12.8. The molecule has 0 saturated carbocycles. The van der Waals surface area contributed by atoms with Gasteiger partial charge in [-0.25, -0.2) is 9.78 Å². The zero-order valence-corrected chi connectivity index (χ0v) is 25.8. The summed E-state index contributed by atoms with van der Waals surface area (Å²) >= 11 is 13.5. The number of ether oxygens (including phenoxy) is 2. The highest BCUT2D eigenvalue weighted by atomic mass is 35.5. The Hall–Kier alpha value is -3.12. The molecule has 1 aliphatic rings. The monoisotopic (exact) mass is 621 g/mol. The Morgan fingerprint density at radius 1 is 1.17 bits per heavy atom. The van der Waals surface area contributed by atoms with Crippen LogP contribution in [0.1, 0.15) is 69.1 Å². The number of amides is 2. The molecule has 0 spiro atoms. The SMILES string of the molecule is CCOC(=O)c1sc(N2CC[C@H](NC(=O)c3[nH]c(C)c(Cl)c3Cl)[C@H](OC)C2)nc1C(=O)NC(C)(C)c1ccccc1. The first-order valence-electron chi connectivity index (χ1n) is 13.1. The summed E-state index contributed by atoms with van der Waals surface area (Å²) in [6, 6.07) is 9.23. The van der Waals surface area contributed by atoms with E-state index in [1.807, 2.05) is 49.1 Å². The van der Waals surface area contributed by atoms with Crippen molar-refractivity contribution in [1.29, 1.82) is 0 Å². The maximum atomic E-state index is 13.5. The van der Waals surface area contributed by atoms with Crippen LogP contribution in [0.25, 0.3) is 0 Å². The van der Waals surface area contributed by atoms with Gasteiger partial charge in [0.2, 0.25) is 0 Å². The number of hydrogen-bond donors (Lipinski definition) is 3. The Balaban J connectivity index is 1.53. The summed E-state index contributed by atoms with van der Waals surface area (Å²) in [5.74, 6) is -1.47. The lowest BCUT2D eigenvalue weighted by molar-refractivity contribution is 0.0527. The van der Waals surface area contributed by atoms with Gasteiger partial charge in [0.05, 0.1) is 34.3 Å². The van der Waals surface area contributed by atoms with Crippen LogP contribution in [0.15, 0.2) is 30.3 Å². The van der Waals surface area contributed by atoms with E-state index in [2.05, 4.69) is 20.6 Å². The van der Waals surface area contributed by atoms with Gasteiger partial charge in [0.25, 0.3) is 11.8 Å². The second-order valence-corrected chi connectivity index (χ2v) is 11.9. The van der Waals surface area contributed by atoms with Gasteiger partial charge in [0, 0.05) is 25.9 Å². The number of nitrogens with zero attached hydrogens (tertiary/aromatic N) is 2. The number of anilines is 1. The first-order valence-corrected chi connectivity index (χ1v) is 14.7. The molecule has 1 saturated heterocycles. The predicted molar refractivity (Wildman–Crippen MR) is 159 cm³/mol. The number of rotatable bonds is 9. The summed E-state index contributed by atoms with van der Waals surface area (Å²) in [7, 11) is 1.56. The maximum absolute atomic E-state index is 13.5. The zero-order valence-electron chi connectivity index (χ0n) is 23.5. The number of carbonyl (C=O) groups is 3. The molecular weight excluding hydrogens is 589 g/mol. The smallest absolute Gasteiger partial charge is 0.350 e. The van der Waals surface area contributed by atoms with Crippen LogP contribution in [0.2, 0.25) is 10.0 Å². The number of thiazole rings is 1. The fraction of sp³-hybridized carbons (Fsp3) is 0.429. The van der Waals surface area contributed by atoms with E-state index in [9.17, 15) is 14.4 Å². The average Bonchev–Trinajstić information content (AvgIpc) is 3.51. The lowest BCUT2D eigenvalue weighted by atomic mass is 9.94. The van der Waals surface area contributed by atoms with Crippen molar-refractivity contribution in [2.24, 2.45) is 0 Å². The normalized spacial score (nSPS) is 17.3. The largest absolute Gasteiger partial charge is 0.462 e. The van der Waals surface area contributed by atoms with Gasteiger partial charge in [-0.1, -0.05) is 64.9 Å². The summed E-state index contributed by atoms with van der Waals surface area (Å²) in [4.78, 5) is 48.8. The number of esters is 1. The maximum Gasteiger partial charge on any atom is 0.350 e. The van der Waals surface area contributed by atoms with E-state index in [0.29, 0.717) is 35.4 Å². The molecule has 0 unspecified atom stereocenters. The molecule has 0 bridgehead atoms. The molecular formula is C28H33Cl2N5O5S. The molecule has 2 amide bonds. The van der Waals surface area contributed by atoms with Crippen LogP contribution in [-0.2, 0) is 15.0 Å². The van der Waals surface area contributed by atoms with Crippen molar-refractivity contribution in [3.05, 3.63) is 67.9 Å². The summed E-state index contributed by atoms with van der Waals surface area (Å²) in [6.45, 7) is 8.23. The Morgan fingerprint density at radius 2 is 1.88 bits per heavy atom. The van der Waals surface area contributed by atoms with E-state index in [-0.39, 0.29) is 39.8 Å². The van der Waals surface area contributed by atoms with Crippen molar-refractivity contribution in [1.82, 2.24) is 20.6 Å². The number of H-pyrrole nitrogens is 1. The molecule has 41 heavy (non-hydrogen) atoms. The van der Waals surface area contributed by atoms with E-state index in [4.69, 9.17) is 32.7 Å². The molecule has 1 aromatic carbocycles. The summed E-state index contributed by atoms with van der Waals surface area (Å²) in [5, 5.41) is 6.94. The third-order valence-corrected chi connectivity index (χ3v) is 8.99. The Labute approximate surface area is 252 Å². The molecule has 220 valence electrons. The fourth-order valence-corrected chi connectivity index (χ4v) is 6.07. The Morgan fingerprint density at radius 3 is 2.49 bits per heavy atom. The lowest BCUT2D eigenvalue weighted by Gasteiger charge is -2.37. The molecule has 4 rings (SSSR count). The molecule has 13 heteroatoms. The number of aryl methyl sites for hydroxylation is 1. The van der Waals surface area contributed by atoms with E-state index in [1.54, 1.807) is 21.0 Å². The molecule has 0 radical (unpaired) electrons. The number of aromatic nitrogens is 2. The van der Waals surface area contributed by atoms with Crippen molar-refractivity contribution in [3.63, 3.8) is 0 Å². The minimum atomic E-state index is -0.712. The highest BCUT2D eigenvalue weighted by Crippen LogP contribution is 2.32. The van der Waals surface area contributed by atoms with Crippen molar-refractivity contribution in [2.75, 3.05) is 31.7 Å². The molecule has 0 aliphatic carbocycles. The van der Waals surface area contributed by atoms with Crippen molar-refractivity contribution in [2.45, 2.75) is 51.8 Å². The van der Waals surface area contributed by atoms with Crippen molar-refractivity contribution in [3.8, 4) is 0 Å². The molecule has 10 nitrogen and oxygen atoms in total. The number of piperidine rings is 1.